The summed E-state index contributed by atoms with van der Waals surface area (Å²) >= 11 is 0. The molecule has 2 aromatic rings. The van der Waals surface area contributed by atoms with Crippen LogP contribution in [0.25, 0.3) is 0 Å². The molecule has 0 aliphatic heterocycles. The van der Waals surface area contributed by atoms with Gasteiger partial charge in [0, 0.05) is 19.8 Å². The lowest BCUT2D eigenvalue weighted by molar-refractivity contribution is -0.120. The number of anilines is 1. The smallest absolute Gasteiger partial charge is 0.238 e. The van der Waals surface area contributed by atoms with Gasteiger partial charge in [0.05, 0.1) is 6.42 Å². The number of hydrazine groups is 1. The minimum Gasteiger partial charge on any atom is -0.378 e. The Morgan fingerprint density at radius 2 is 1.64 bits per heavy atom. The van der Waals surface area contributed by atoms with Gasteiger partial charge in [0.2, 0.25) is 5.91 Å². The Labute approximate surface area is 131 Å². The third-order valence-corrected chi connectivity index (χ3v) is 3.68. The number of nitrogens with one attached hydrogen (secondary N) is 1. The highest BCUT2D eigenvalue weighted by Crippen LogP contribution is 2.15. The van der Waals surface area contributed by atoms with E-state index in [2.05, 4.69) is 60.8 Å². The summed E-state index contributed by atoms with van der Waals surface area (Å²) in [6, 6.07) is 16.7. The van der Waals surface area contributed by atoms with Gasteiger partial charge >= 0.3 is 0 Å². The zero-order valence-electron chi connectivity index (χ0n) is 13.2. The van der Waals surface area contributed by atoms with Crippen molar-refractivity contribution < 1.29 is 4.79 Å². The van der Waals surface area contributed by atoms with Crippen molar-refractivity contribution in [2.24, 2.45) is 5.84 Å². The van der Waals surface area contributed by atoms with Crippen LogP contribution in [0, 0.1) is 0 Å². The molecule has 22 heavy (non-hydrogen) atoms. The van der Waals surface area contributed by atoms with E-state index >= 15 is 0 Å². The molecule has 2 aromatic carbocycles. The molecule has 0 saturated heterocycles. The molecule has 116 valence electrons. The van der Waals surface area contributed by atoms with Crippen LogP contribution in [-0.4, -0.2) is 20.0 Å². The fourth-order valence-corrected chi connectivity index (χ4v) is 2.34. The Kier molecular flexibility index (Phi) is 5.55. The summed E-state index contributed by atoms with van der Waals surface area (Å²) < 4.78 is 0. The standard InChI is InChI=1S/C18H23N3O/c1-21(2)17-5-3-4-15(12-17)9-6-14-7-10-16(11-8-14)13-18(22)20-19/h3-5,7-8,10-12H,6,9,13,19H2,1-2H3,(H,20,22). The van der Waals surface area contributed by atoms with Crippen LogP contribution in [0.15, 0.2) is 48.5 Å². The molecule has 0 fully saturated rings. The number of benzene rings is 2. The van der Waals surface area contributed by atoms with Crippen molar-refractivity contribution >= 4 is 11.6 Å². The van der Waals surface area contributed by atoms with Crippen LogP contribution in [0.2, 0.25) is 0 Å². The van der Waals surface area contributed by atoms with Gasteiger partial charge in [0.25, 0.3) is 0 Å². The van der Waals surface area contributed by atoms with Crippen LogP contribution in [-0.2, 0) is 24.1 Å². The van der Waals surface area contributed by atoms with E-state index in [4.69, 9.17) is 5.84 Å². The Morgan fingerprint density at radius 3 is 2.27 bits per heavy atom. The van der Waals surface area contributed by atoms with Crippen LogP contribution in [0.3, 0.4) is 0 Å². The number of rotatable bonds is 6. The largest absolute Gasteiger partial charge is 0.378 e. The zero-order chi connectivity index (χ0) is 15.9. The Balaban J connectivity index is 1.94. The van der Waals surface area contributed by atoms with Crippen LogP contribution in [0.1, 0.15) is 16.7 Å². The minimum atomic E-state index is -0.173. The molecule has 0 aromatic heterocycles. The maximum Gasteiger partial charge on any atom is 0.238 e. The van der Waals surface area contributed by atoms with E-state index in [9.17, 15) is 4.79 Å². The molecular formula is C18H23N3O. The second-order valence-corrected chi connectivity index (χ2v) is 5.63. The first-order valence-corrected chi connectivity index (χ1v) is 7.42. The summed E-state index contributed by atoms with van der Waals surface area (Å²) in [5, 5.41) is 0. The number of nitrogens with zero attached hydrogens (tertiary/aromatic N) is 1. The molecule has 0 aliphatic rings. The zero-order valence-corrected chi connectivity index (χ0v) is 13.2. The normalized spacial score (nSPS) is 10.3. The van der Waals surface area contributed by atoms with Gasteiger partial charge < -0.3 is 4.90 Å². The summed E-state index contributed by atoms with van der Waals surface area (Å²) in [5.41, 5.74) is 6.94. The van der Waals surface area contributed by atoms with Crippen molar-refractivity contribution in [1.82, 2.24) is 5.43 Å². The number of hydrogen-bond donors (Lipinski definition) is 2. The SMILES string of the molecule is CN(C)c1cccc(CCc2ccc(CC(=O)NN)cc2)c1. The second kappa shape index (κ2) is 7.61. The van der Waals surface area contributed by atoms with Crippen LogP contribution in [0.5, 0.6) is 0 Å². The third-order valence-electron chi connectivity index (χ3n) is 3.68. The van der Waals surface area contributed by atoms with E-state index in [0.29, 0.717) is 6.42 Å². The number of aryl methyl sites for hydroxylation is 2. The van der Waals surface area contributed by atoms with Gasteiger partial charge in [0.1, 0.15) is 0 Å². The maximum absolute atomic E-state index is 11.2. The van der Waals surface area contributed by atoms with E-state index in [1.54, 1.807) is 0 Å². The molecule has 0 atom stereocenters. The lowest BCUT2D eigenvalue weighted by Gasteiger charge is -2.13. The summed E-state index contributed by atoms with van der Waals surface area (Å²) in [6.45, 7) is 0. The summed E-state index contributed by atoms with van der Waals surface area (Å²) in [6.07, 6.45) is 2.31. The first-order valence-electron chi connectivity index (χ1n) is 7.42. The van der Waals surface area contributed by atoms with Crippen molar-refractivity contribution in [3.05, 3.63) is 65.2 Å². The van der Waals surface area contributed by atoms with E-state index in [1.807, 2.05) is 12.1 Å². The van der Waals surface area contributed by atoms with Gasteiger partial charge in [-0.3, -0.25) is 10.2 Å². The van der Waals surface area contributed by atoms with E-state index in [0.717, 1.165) is 18.4 Å². The molecular weight excluding hydrogens is 274 g/mol. The topological polar surface area (TPSA) is 58.4 Å². The second-order valence-electron chi connectivity index (χ2n) is 5.63. The molecule has 2 rings (SSSR count). The van der Waals surface area contributed by atoms with Crippen molar-refractivity contribution in [2.75, 3.05) is 19.0 Å². The quantitative estimate of drug-likeness (QED) is 0.487. The van der Waals surface area contributed by atoms with Crippen molar-refractivity contribution in [2.45, 2.75) is 19.3 Å². The molecule has 1 amide bonds. The van der Waals surface area contributed by atoms with Gasteiger partial charge in [-0.2, -0.15) is 0 Å². The highest BCUT2D eigenvalue weighted by atomic mass is 16.2. The van der Waals surface area contributed by atoms with Crippen LogP contribution >= 0.6 is 0 Å². The fourth-order valence-electron chi connectivity index (χ4n) is 2.34. The average Bonchev–Trinajstić information content (AvgIpc) is 2.54. The monoisotopic (exact) mass is 297 g/mol. The molecule has 3 N–H and O–H groups in total. The maximum atomic E-state index is 11.2. The average molecular weight is 297 g/mol. The van der Waals surface area contributed by atoms with Crippen LogP contribution in [0.4, 0.5) is 5.69 Å². The van der Waals surface area contributed by atoms with E-state index in [1.165, 1.54) is 16.8 Å². The van der Waals surface area contributed by atoms with Gasteiger partial charge in [0.15, 0.2) is 0 Å². The van der Waals surface area contributed by atoms with E-state index < -0.39 is 0 Å². The molecule has 0 bridgehead atoms. The number of carbonyl (C=O) groups excluding carboxylic acids is 1. The van der Waals surface area contributed by atoms with Gasteiger partial charge in [-0.25, -0.2) is 5.84 Å². The molecule has 0 unspecified atom stereocenters. The van der Waals surface area contributed by atoms with E-state index in [-0.39, 0.29) is 5.91 Å². The van der Waals surface area contributed by atoms with Gasteiger partial charge in [-0.1, -0.05) is 36.4 Å². The first kappa shape index (κ1) is 16.0. The van der Waals surface area contributed by atoms with Crippen molar-refractivity contribution in [3.8, 4) is 0 Å². The lowest BCUT2D eigenvalue weighted by Crippen LogP contribution is -2.31. The lowest BCUT2D eigenvalue weighted by atomic mass is 10.0. The minimum absolute atomic E-state index is 0.173. The molecule has 0 saturated carbocycles. The predicted octanol–water partition coefficient (Wildman–Crippen LogP) is 2.07. The molecule has 0 spiro atoms. The first-order chi connectivity index (χ1) is 10.6. The highest BCUT2D eigenvalue weighted by Gasteiger charge is 2.02. The molecule has 4 heteroatoms. The van der Waals surface area contributed by atoms with Gasteiger partial charge in [-0.05, 0) is 41.7 Å². The Bertz CT molecular complexity index is 620. The third kappa shape index (κ3) is 4.60. The molecule has 4 nitrogen and oxygen atoms in total. The predicted molar refractivity (Wildman–Crippen MR) is 90.7 cm³/mol. The van der Waals surface area contributed by atoms with Crippen molar-refractivity contribution in [1.29, 1.82) is 0 Å². The summed E-state index contributed by atoms with van der Waals surface area (Å²) in [7, 11) is 4.10. The molecule has 0 aliphatic carbocycles. The Morgan fingerprint density at radius 1 is 1.00 bits per heavy atom. The fraction of sp³-hybridized carbons (Fsp3) is 0.278. The highest BCUT2D eigenvalue weighted by molar-refractivity contribution is 5.77. The summed E-state index contributed by atoms with van der Waals surface area (Å²) in [5.74, 6) is 4.92. The Hall–Kier alpha value is -2.33. The van der Waals surface area contributed by atoms with Crippen molar-refractivity contribution in [3.63, 3.8) is 0 Å². The number of amides is 1. The summed E-state index contributed by atoms with van der Waals surface area (Å²) in [4.78, 5) is 13.3. The van der Waals surface area contributed by atoms with Crippen LogP contribution < -0.4 is 16.2 Å². The molecule has 0 heterocycles. The number of hydrogen-bond acceptors (Lipinski definition) is 3. The number of carbonyl (C=O) groups is 1. The number of nitrogens with two attached hydrogens (primary N) is 1. The molecule has 0 radical (unpaired) electrons. The van der Waals surface area contributed by atoms with Gasteiger partial charge in [-0.15, -0.1) is 0 Å².